The topological polar surface area (TPSA) is 126 Å². The van der Waals surface area contributed by atoms with E-state index in [1.54, 1.807) is 18.2 Å². The molecule has 1 aromatic heterocycles. The summed E-state index contributed by atoms with van der Waals surface area (Å²) >= 11 is 0. The number of ether oxygens (including phenoxy) is 3. The zero-order valence-corrected chi connectivity index (χ0v) is 19.9. The summed E-state index contributed by atoms with van der Waals surface area (Å²) in [4.78, 5) is 49.6. The maximum atomic E-state index is 16.2. The van der Waals surface area contributed by atoms with Crippen LogP contribution >= 0.6 is 0 Å². The van der Waals surface area contributed by atoms with E-state index < -0.39 is 60.4 Å². The fourth-order valence-electron chi connectivity index (χ4n) is 4.15. The summed E-state index contributed by atoms with van der Waals surface area (Å²) in [6.45, 7) is 0.769. The minimum absolute atomic E-state index is 0.126. The number of nitrogens with zero attached hydrogens (tertiary/aromatic N) is 2. The van der Waals surface area contributed by atoms with Gasteiger partial charge in [-0.3, -0.25) is 14.2 Å². The lowest BCUT2D eigenvalue weighted by Gasteiger charge is -2.28. The number of aliphatic carboxylic acids is 1. The van der Waals surface area contributed by atoms with Crippen LogP contribution in [0.2, 0.25) is 0 Å². The van der Waals surface area contributed by atoms with Crippen molar-refractivity contribution < 1.29 is 33.3 Å². The van der Waals surface area contributed by atoms with Gasteiger partial charge in [0.1, 0.15) is 12.8 Å². The van der Waals surface area contributed by atoms with E-state index >= 15 is 4.39 Å². The largest absolute Gasteiger partial charge is 0.481 e. The van der Waals surface area contributed by atoms with Crippen LogP contribution in [0.25, 0.3) is 0 Å². The van der Waals surface area contributed by atoms with Gasteiger partial charge in [0, 0.05) is 12.3 Å². The Hall–Kier alpha value is -4.09. The Morgan fingerprint density at radius 3 is 2.35 bits per heavy atom. The minimum Gasteiger partial charge on any atom is -0.481 e. The van der Waals surface area contributed by atoms with Crippen LogP contribution in [0, 0.1) is 0 Å². The van der Waals surface area contributed by atoms with Crippen molar-refractivity contribution in [3.63, 3.8) is 0 Å². The lowest BCUT2D eigenvalue weighted by Crippen LogP contribution is -2.47. The number of rotatable bonds is 9. The molecule has 1 aliphatic rings. The van der Waals surface area contributed by atoms with Crippen molar-refractivity contribution in [2.45, 2.75) is 50.8 Å². The van der Waals surface area contributed by atoms with Gasteiger partial charge in [0.15, 0.2) is 18.0 Å². The molecule has 2 heterocycles. The van der Waals surface area contributed by atoms with Crippen LogP contribution in [0.5, 0.6) is 0 Å². The third kappa shape index (κ3) is 5.68. The number of carbonyl (C=O) groups excluding carboxylic acids is 1. The van der Waals surface area contributed by atoms with Crippen molar-refractivity contribution in [1.29, 1.82) is 0 Å². The Balaban J connectivity index is 1.60. The summed E-state index contributed by atoms with van der Waals surface area (Å²) in [6, 6.07) is 17.9. The maximum absolute atomic E-state index is 16.2. The molecule has 2 aromatic carbocycles. The van der Waals surface area contributed by atoms with E-state index in [2.05, 4.69) is 0 Å². The van der Waals surface area contributed by atoms with E-state index in [0.717, 1.165) is 33.9 Å². The molecular weight excluding hydrogens is 487 g/mol. The maximum Gasteiger partial charge on any atom is 0.338 e. The first-order valence-corrected chi connectivity index (χ1v) is 11.4. The molecule has 4 unspecified atom stereocenters. The highest BCUT2D eigenvalue weighted by molar-refractivity contribution is 5.89. The van der Waals surface area contributed by atoms with E-state index in [-0.39, 0.29) is 12.2 Å². The molecule has 37 heavy (non-hydrogen) atoms. The second kappa shape index (κ2) is 10.9. The fourth-order valence-corrected chi connectivity index (χ4v) is 4.15. The number of aromatic nitrogens is 2. The van der Waals surface area contributed by atoms with Crippen LogP contribution in [0.1, 0.15) is 35.5 Å². The van der Waals surface area contributed by atoms with Crippen LogP contribution in [0.15, 0.2) is 82.5 Å². The van der Waals surface area contributed by atoms with Crippen molar-refractivity contribution >= 4 is 11.9 Å². The zero-order valence-electron chi connectivity index (χ0n) is 19.9. The molecule has 10 nitrogen and oxygen atoms in total. The third-order valence-electron chi connectivity index (χ3n) is 5.98. The number of halogens is 1. The number of benzene rings is 2. The number of hydrogen-bond acceptors (Lipinski definition) is 7. The number of carbonyl (C=O) groups is 2. The van der Waals surface area contributed by atoms with Gasteiger partial charge >= 0.3 is 17.6 Å². The minimum atomic E-state index is -2.53. The Labute approximate surface area is 210 Å². The molecular formula is C26H25FN2O8. The number of esters is 1. The molecule has 1 fully saturated rings. The standard InChI is InChI=1S/C26H25FN2O8/c1-26(27)22(37-23(33)18-10-6-3-7-11-18)19(14-21(31)32)36-24(26)28-13-12-20(30)29(25(28)34)16-35-15-17-8-4-2-5-9-17/h2-13,19,22,24H,14-16H2,1H3,(H,31,32). The second-order valence-corrected chi connectivity index (χ2v) is 8.70. The van der Waals surface area contributed by atoms with E-state index in [1.807, 2.05) is 30.3 Å². The molecule has 0 radical (unpaired) electrons. The Kier molecular flexibility index (Phi) is 7.65. The highest BCUT2D eigenvalue weighted by atomic mass is 19.1. The van der Waals surface area contributed by atoms with Crippen LogP contribution in [-0.2, 0) is 32.3 Å². The van der Waals surface area contributed by atoms with Gasteiger partial charge in [-0.25, -0.2) is 18.5 Å². The van der Waals surface area contributed by atoms with E-state index in [0.29, 0.717) is 0 Å². The molecule has 1 aliphatic heterocycles. The zero-order chi connectivity index (χ0) is 26.6. The van der Waals surface area contributed by atoms with Crippen molar-refractivity contribution in [2.75, 3.05) is 0 Å². The van der Waals surface area contributed by atoms with Gasteiger partial charge in [0.05, 0.1) is 18.6 Å². The molecule has 4 rings (SSSR count). The highest BCUT2D eigenvalue weighted by Crippen LogP contribution is 2.43. The van der Waals surface area contributed by atoms with Crippen LogP contribution < -0.4 is 11.2 Å². The molecule has 0 spiro atoms. The monoisotopic (exact) mass is 512 g/mol. The predicted molar refractivity (Wildman–Crippen MR) is 128 cm³/mol. The van der Waals surface area contributed by atoms with Crippen molar-refractivity contribution in [2.24, 2.45) is 0 Å². The second-order valence-electron chi connectivity index (χ2n) is 8.70. The molecule has 4 atom stereocenters. The number of alkyl halides is 1. The molecule has 0 aliphatic carbocycles. The fraction of sp³-hybridized carbons (Fsp3) is 0.308. The Morgan fingerprint density at radius 1 is 1.05 bits per heavy atom. The van der Waals surface area contributed by atoms with Gasteiger partial charge in [0.25, 0.3) is 5.56 Å². The van der Waals surface area contributed by atoms with Crippen LogP contribution in [0.3, 0.4) is 0 Å². The molecule has 0 bridgehead atoms. The molecule has 0 amide bonds. The Morgan fingerprint density at radius 2 is 1.70 bits per heavy atom. The lowest BCUT2D eigenvalue weighted by molar-refractivity contribution is -0.142. The first-order chi connectivity index (χ1) is 17.7. The third-order valence-corrected chi connectivity index (χ3v) is 5.98. The molecule has 194 valence electrons. The normalized spacial score (nSPS) is 23.0. The summed E-state index contributed by atoms with van der Waals surface area (Å²) in [6.07, 6.45) is -4.36. The van der Waals surface area contributed by atoms with Crippen molar-refractivity contribution in [3.8, 4) is 0 Å². The summed E-state index contributed by atoms with van der Waals surface area (Å²) < 4.78 is 34.3. The van der Waals surface area contributed by atoms with Crippen molar-refractivity contribution in [1.82, 2.24) is 9.13 Å². The number of carboxylic acid groups (broad SMARTS) is 1. The average molecular weight is 512 g/mol. The molecule has 3 aromatic rings. The first-order valence-electron chi connectivity index (χ1n) is 11.4. The predicted octanol–water partition coefficient (Wildman–Crippen LogP) is 2.51. The van der Waals surface area contributed by atoms with Gasteiger partial charge in [-0.2, -0.15) is 0 Å². The van der Waals surface area contributed by atoms with Gasteiger partial charge in [-0.1, -0.05) is 48.5 Å². The van der Waals surface area contributed by atoms with Gasteiger partial charge in [0.2, 0.25) is 0 Å². The molecule has 11 heteroatoms. The SMILES string of the molecule is CC1(F)C(OC(=O)c2ccccc2)C(CC(=O)O)OC1n1ccc(=O)n(COCc2ccccc2)c1=O. The average Bonchev–Trinajstić information content (AvgIpc) is 3.11. The lowest BCUT2D eigenvalue weighted by atomic mass is 9.96. The Bertz CT molecular complexity index is 1370. The summed E-state index contributed by atoms with van der Waals surface area (Å²) in [5, 5.41) is 9.32. The van der Waals surface area contributed by atoms with Crippen LogP contribution in [0.4, 0.5) is 4.39 Å². The molecule has 0 saturated carbocycles. The number of hydrogen-bond donors (Lipinski definition) is 1. The van der Waals surface area contributed by atoms with E-state index in [9.17, 15) is 24.3 Å². The summed E-state index contributed by atoms with van der Waals surface area (Å²) in [5.74, 6) is -2.19. The number of carboxylic acids is 1. The van der Waals surface area contributed by atoms with E-state index in [4.69, 9.17) is 14.2 Å². The molecule has 1 N–H and O–H groups in total. The van der Waals surface area contributed by atoms with Gasteiger partial charge in [-0.05, 0) is 24.6 Å². The highest BCUT2D eigenvalue weighted by Gasteiger charge is 2.58. The summed E-state index contributed by atoms with van der Waals surface area (Å²) in [7, 11) is 0. The first kappa shape index (κ1) is 26.0. The van der Waals surface area contributed by atoms with Gasteiger partial charge < -0.3 is 19.3 Å². The quantitative estimate of drug-likeness (QED) is 0.434. The van der Waals surface area contributed by atoms with Crippen LogP contribution in [-0.4, -0.2) is 44.1 Å². The summed E-state index contributed by atoms with van der Waals surface area (Å²) in [5.41, 5.74) is -3.18. The molecule has 1 saturated heterocycles. The van der Waals surface area contributed by atoms with Gasteiger partial charge in [-0.15, -0.1) is 0 Å². The van der Waals surface area contributed by atoms with E-state index in [1.165, 1.54) is 12.1 Å². The smallest absolute Gasteiger partial charge is 0.338 e. The van der Waals surface area contributed by atoms with Crippen molar-refractivity contribution in [3.05, 3.63) is 105 Å².